The molecular weight excluding hydrogens is 455 g/mol. The quantitative estimate of drug-likeness (QED) is 0.398. The lowest BCUT2D eigenvalue weighted by molar-refractivity contribution is 0.0674. The van der Waals surface area contributed by atoms with E-state index in [2.05, 4.69) is 4.99 Å². The molecule has 0 atom stereocenters. The number of rotatable bonds is 4. The van der Waals surface area contributed by atoms with Gasteiger partial charge in [-0.3, -0.25) is 0 Å². The van der Waals surface area contributed by atoms with E-state index in [0.29, 0.717) is 43.7 Å². The van der Waals surface area contributed by atoms with Crippen LogP contribution in [0, 0.1) is 0 Å². The van der Waals surface area contributed by atoms with Crippen molar-refractivity contribution in [2.75, 3.05) is 39.4 Å². The number of morpholine rings is 1. The Hall–Kier alpha value is -0.910. The van der Waals surface area contributed by atoms with Crippen LogP contribution in [0.15, 0.2) is 34.2 Å². The molecule has 140 valence electrons. The Bertz CT molecular complexity index is 682. The summed E-state index contributed by atoms with van der Waals surface area (Å²) in [5.74, 6) is 0.507. The zero-order valence-corrected chi connectivity index (χ0v) is 17.3. The summed E-state index contributed by atoms with van der Waals surface area (Å²) in [5.41, 5.74) is 6.93. The third-order valence-corrected chi connectivity index (χ3v) is 6.30. The molecule has 0 saturated carbocycles. The molecule has 2 heterocycles. The molecule has 1 aromatic carbocycles. The fourth-order valence-electron chi connectivity index (χ4n) is 2.91. The zero-order valence-electron chi connectivity index (χ0n) is 14.1. The molecule has 25 heavy (non-hydrogen) atoms. The van der Waals surface area contributed by atoms with Crippen LogP contribution in [0.3, 0.4) is 0 Å². The maximum absolute atomic E-state index is 12.5. The molecule has 2 fully saturated rings. The number of benzene rings is 1. The number of aliphatic imine (C=N–C) groups is 1. The molecule has 0 radical (unpaired) electrons. The fourth-order valence-corrected chi connectivity index (χ4v) is 4.43. The Balaban J connectivity index is 0.00000225. The van der Waals surface area contributed by atoms with Gasteiger partial charge < -0.3 is 15.4 Å². The van der Waals surface area contributed by atoms with Gasteiger partial charge in [-0.2, -0.15) is 4.31 Å². The van der Waals surface area contributed by atoms with Crippen LogP contribution in [0.5, 0.6) is 0 Å². The van der Waals surface area contributed by atoms with Crippen LogP contribution in [-0.2, 0) is 21.3 Å². The minimum Gasteiger partial charge on any atom is -0.378 e. The topological polar surface area (TPSA) is 88.2 Å². The van der Waals surface area contributed by atoms with E-state index in [9.17, 15) is 8.42 Å². The van der Waals surface area contributed by atoms with E-state index < -0.39 is 10.0 Å². The Morgan fingerprint density at radius 2 is 1.68 bits per heavy atom. The molecule has 2 aliphatic rings. The first-order chi connectivity index (χ1) is 11.6. The Labute approximate surface area is 166 Å². The van der Waals surface area contributed by atoms with E-state index in [4.69, 9.17) is 10.5 Å². The summed E-state index contributed by atoms with van der Waals surface area (Å²) in [6.45, 7) is 4.51. The number of sulfonamides is 1. The molecule has 2 N–H and O–H groups in total. The smallest absolute Gasteiger partial charge is 0.243 e. The number of nitrogens with zero attached hydrogens (tertiary/aromatic N) is 3. The number of halogens is 1. The van der Waals surface area contributed by atoms with Gasteiger partial charge in [0.15, 0.2) is 5.96 Å². The largest absolute Gasteiger partial charge is 0.378 e. The van der Waals surface area contributed by atoms with Gasteiger partial charge in [-0.25, -0.2) is 13.4 Å². The highest BCUT2D eigenvalue weighted by atomic mass is 127. The van der Waals surface area contributed by atoms with Crippen LogP contribution in [0.2, 0.25) is 0 Å². The molecule has 0 aliphatic carbocycles. The predicted molar refractivity (Wildman–Crippen MR) is 108 cm³/mol. The highest BCUT2D eigenvalue weighted by Gasteiger charge is 2.26. The standard InChI is InChI=1S/C16H24N4O3S.HI/c17-16(19-9-11-23-12-10-19)18-13-14-3-5-15(6-4-14)24(21,22)20-7-1-2-8-20;/h3-6H,1-2,7-13H2,(H2,17,18);1H. The summed E-state index contributed by atoms with van der Waals surface area (Å²) in [7, 11) is -3.35. The number of ether oxygens (including phenoxy) is 1. The normalized spacial score (nSPS) is 19.7. The van der Waals surface area contributed by atoms with Crippen LogP contribution in [0.1, 0.15) is 18.4 Å². The van der Waals surface area contributed by atoms with Crippen LogP contribution >= 0.6 is 24.0 Å². The van der Waals surface area contributed by atoms with Gasteiger partial charge in [0.2, 0.25) is 10.0 Å². The predicted octanol–water partition coefficient (Wildman–Crippen LogP) is 1.24. The molecule has 3 rings (SSSR count). The minimum absolute atomic E-state index is 0. The van der Waals surface area contributed by atoms with E-state index in [1.807, 2.05) is 4.90 Å². The van der Waals surface area contributed by atoms with Crippen LogP contribution < -0.4 is 5.73 Å². The summed E-state index contributed by atoms with van der Waals surface area (Å²) < 4.78 is 31.8. The Morgan fingerprint density at radius 1 is 1.08 bits per heavy atom. The van der Waals surface area contributed by atoms with E-state index in [0.717, 1.165) is 31.5 Å². The third-order valence-electron chi connectivity index (χ3n) is 4.38. The summed E-state index contributed by atoms with van der Waals surface area (Å²) in [5, 5.41) is 0. The molecule has 2 saturated heterocycles. The van der Waals surface area contributed by atoms with Crippen molar-refractivity contribution in [3.63, 3.8) is 0 Å². The molecule has 0 spiro atoms. The third kappa shape index (κ3) is 5.05. The molecule has 0 bridgehead atoms. The number of guanidine groups is 1. The van der Waals surface area contributed by atoms with Crippen molar-refractivity contribution in [3.8, 4) is 0 Å². The second-order valence-corrected chi connectivity index (χ2v) is 7.97. The molecule has 0 unspecified atom stereocenters. The number of hydrogen-bond donors (Lipinski definition) is 1. The summed E-state index contributed by atoms with van der Waals surface area (Å²) >= 11 is 0. The SMILES string of the molecule is I.NC(=NCc1ccc(S(=O)(=O)N2CCCC2)cc1)N1CCOCC1. The van der Waals surface area contributed by atoms with Crippen molar-refractivity contribution in [2.24, 2.45) is 10.7 Å². The van der Waals surface area contributed by atoms with Crippen LogP contribution in [0.4, 0.5) is 0 Å². The van der Waals surface area contributed by atoms with Crippen molar-refractivity contribution in [1.29, 1.82) is 0 Å². The van der Waals surface area contributed by atoms with E-state index >= 15 is 0 Å². The number of hydrogen-bond acceptors (Lipinski definition) is 4. The van der Waals surface area contributed by atoms with Gasteiger partial charge in [0.1, 0.15) is 0 Å². The molecule has 2 aliphatic heterocycles. The monoisotopic (exact) mass is 480 g/mol. The number of nitrogens with two attached hydrogens (primary N) is 1. The first kappa shape index (κ1) is 20.4. The average molecular weight is 480 g/mol. The Kier molecular flexibility index (Phi) is 7.47. The van der Waals surface area contributed by atoms with Crippen LogP contribution in [-0.4, -0.2) is 63.0 Å². The van der Waals surface area contributed by atoms with Gasteiger partial charge in [-0.05, 0) is 30.5 Å². The molecule has 9 heteroatoms. The maximum atomic E-state index is 12.5. The molecule has 0 amide bonds. The van der Waals surface area contributed by atoms with Gasteiger partial charge in [-0.15, -0.1) is 24.0 Å². The zero-order chi connectivity index (χ0) is 17.0. The van der Waals surface area contributed by atoms with Gasteiger partial charge >= 0.3 is 0 Å². The molecule has 1 aromatic rings. The molecule has 7 nitrogen and oxygen atoms in total. The summed E-state index contributed by atoms with van der Waals surface area (Å²) in [6, 6.07) is 6.92. The molecular formula is C16H25IN4O3S. The highest BCUT2D eigenvalue weighted by molar-refractivity contribution is 14.0. The summed E-state index contributed by atoms with van der Waals surface area (Å²) in [4.78, 5) is 6.73. The van der Waals surface area contributed by atoms with Gasteiger partial charge in [0, 0.05) is 26.2 Å². The maximum Gasteiger partial charge on any atom is 0.243 e. The highest BCUT2D eigenvalue weighted by Crippen LogP contribution is 2.21. The second-order valence-electron chi connectivity index (χ2n) is 6.03. The second kappa shape index (κ2) is 9.15. The lowest BCUT2D eigenvalue weighted by Gasteiger charge is -2.27. The van der Waals surface area contributed by atoms with E-state index in [1.165, 1.54) is 0 Å². The van der Waals surface area contributed by atoms with Crippen molar-refractivity contribution < 1.29 is 13.2 Å². The van der Waals surface area contributed by atoms with Crippen molar-refractivity contribution in [3.05, 3.63) is 29.8 Å². The van der Waals surface area contributed by atoms with Crippen molar-refractivity contribution in [2.45, 2.75) is 24.3 Å². The average Bonchev–Trinajstić information content (AvgIpc) is 3.16. The summed E-state index contributed by atoms with van der Waals surface area (Å²) in [6.07, 6.45) is 1.87. The van der Waals surface area contributed by atoms with E-state index in [1.54, 1.807) is 28.6 Å². The van der Waals surface area contributed by atoms with Gasteiger partial charge in [0.25, 0.3) is 0 Å². The lowest BCUT2D eigenvalue weighted by Crippen LogP contribution is -2.44. The van der Waals surface area contributed by atoms with E-state index in [-0.39, 0.29) is 24.0 Å². The first-order valence-corrected chi connectivity index (χ1v) is 9.73. The minimum atomic E-state index is -3.35. The van der Waals surface area contributed by atoms with Gasteiger partial charge in [0.05, 0.1) is 24.7 Å². The van der Waals surface area contributed by atoms with Crippen molar-refractivity contribution >= 4 is 40.0 Å². The lowest BCUT2D eigenvalue weighted by atomic mass is 10.2. The van der Waals surface area contributed by atoms with Crippen LogP contribution in [0.25, 0.3) is 0 Å². The van der Waals surface area contributed by atoms with Gasteiger partial charge in [-0.1, -0.05) is 12.1 Å². The Morgan fingerprint density at radius 3 is 2.28 bits per heavy atom. The fraction of sp³-hybridized carbons (Fsp3) is 0.562. The van der Waals surface area contributed by atoms with Crippen molar-refractivity contribution in [1.82, 2.24) is 9.21 Å². The molecule has 0 aromatic heterocycles. The first-order valence-electron chi connectivity index (χ1n) is 8.29.